The van der Waals surface area contributed by atoms with Crippen molar-refractivity contribution in [2.45, 2.75) is 46.1 Å². The molecule has 2 aromatic carbocycles. The number of benzene rings is 2. The van der Waals surface area contributed by atoms with Gasteiger partial charge in [0.05, 0.1) is 17.3 Å². The highest BCUT2D eigenvalue weighted by Crippen LogP contribution is 2.43. The first-order valence-electron chi connectivity index (χ1n) is 10.3. The molecule has 2 heterocycles. The Kier molecular flexibility index (Phi) is 5.96. The van der Waals surface area contributed by atoms with Gasteiger partial charge in [0.1, 0.15) is 30.0 Å². The van der Waals surface area contributed by atoms with Crippen molar-refractivity contribution in [1.82, 2.24) is 14.3 Å². The van der Waals surface area contributed by atoms with Gasteiger partial charge in [0.25, 0.3) is 0 Å². The predicted molar refractivity (Wildman–Crippen MR) is 117 cm³/mol. The summed E-state index contributed by atoms with van der Waals surface area (Å²) < 4.78 is 37.8. The van der Waals surface area contributed by atoms with Crippen molar-refractivity contribution >= 4 is 17.3 Å². The van der Waals surface area contributed by atoms with Gasteiger partial charge in [-0.3, -0.25) is 4.57 Å². The van der Waals surface area contributed by atoms with E-state index in [4.69, 9.17) is 16.3 Å². The van der Waals surface area contributed by atoms with E-state index in [2.05, 4.69) is 5.10 Å². The van der Waals surface area contributed by atoms with Crippen molar-refractivity contribution in [1.29, 1.82) is 0 Å². The van der Waals surface area contributed by atoms with Crippen LogP contribution >= 0.6 is 11.6 Å². The van der Waals surface area contributed by atoms with E-state index in [0.29, 0.717) is 5.69 Å². The van der Waals surface area contributed by atoms with E-state index < -0.39 is 30.0 Å². The molecular formula is C22H23ClF2N4O3. The van der Waals surface area contributed by atoms with Gasteiger partial charge in [0, 0.05) is 24.2 Å². The first-order chi connectivity index (χ1) is 15.3. The van der Waals surface area contributed by atoms with Crippen LogP contribution in [0.4, 0.5) is 14.5 Å². The maximum absolute atomic E-state index is 15.1. The van der Waals surface area contributed by atoms with E-state index in [9.17, 15) is 14.3 Å². The van der Waals surface area contributed by atoms with Crippen molar-refractivity contribution in [2.24, 2.45) is 0 Å². The molecule has 3 aromatic rings. The Labute approximate surface area is 188 Å². The van der Waals surface area contributed by atoms with Crippen LogP contribution in [-0.4, -0.2) is 32.0 Å². The SMILES string of the molecule is CCn1c(CO)nn(-c2cc3c(cc2F)O[C@H](c2c(F)cccc2Cl)CN3C(C)C)c1=O. The molecule has 1 aromatic heterocycles. The summed E-state index contributed by atoms with van der Waals surface area (Å²) in [5, 5.41) is 13.8. The van der Waals surface area contributed by atoms with Gasteiger partial charge in [0.15, 0.2) is 11.6 Å². The summed E-state index contributed by atoms with van der Waals surface area (Å²) in [4.78, 5) is 14.6. The lowest BCUT2D eigenvalue weighted by Gasteiger charge is -2.39. The number of rotatable bonds is 5. The van der Waals surface area contributed by atoms with E-state index in [1.54, 1.807) is 13.0 Å². The summed E-state index contributed by atoms with van der Waals surface area (Å²) in [5.41, 5.74) is 0.135. The number of ether oxygens (including phenoxy) is 1. The standard InChI is InChI=1S/C22H23ClF2N4O3/c1-4-27-20(11-30)26-29(22(27)31)16-9-17-18(8-15(16)25)32-19(10-28(17)12(2)3)21-13(23)6-5-7-14(21)24/h5-9,12,19,30H,4,10-11H2,1-3H3/t19-/m0/s1. The Bertz CT molecular complexity index is 1200. The number of aliphatic hydroxyl groups is 1. The Balaban J connectivity index is 1.84. The summed E-state index contributed by atoms with van der Waals surface area (Å²) in [7, 11) is 0. The van der Waals surface area contributed by atoms with Crippen LogP contribution in [-0.2, 0) is 13.2 Å². The third-order valence-corrected chi connectivity index (χ3v) is 5.87. The maximum atomic E-state index is 15.1. The number of aliphatic hydroxyl groups excluding tert-OH is 1. The fourth-order valence-corrected chi connectivity index (χ4v) is 4.25. The van der Waals surface area contributed by atoms with Crippen LogP contribution in [0, 0.1) is 11.6 Å². The fraction of sp³-hybridized carbons (Fsp3) is 0.364. The summed E-state index contributed by atoms with van der Waals surface area (Å²) in [5.74, 6) is -0.887. The molecule has 1 aliphatic rings. The highest BCUT2D eigenvalue weighted by Gasteiger charge is 2.33. The van der Waals surface area contributed by atoms with Gasteiger partial charge in [-0.25, -0.2) is 13.6 Å². The highest BCUT2D eigenvalue weighted by atomic mass is 35.5. The van der Waals surface area contributed by atoms with Gasteiger partial charge < -0.3 is 14.7 Å². The molecule has 0 fully saturated rings. The minimum absolute atomic E-state index is 0.0399. The minimum atomic E-state index is -0.744. The molecule has 1 N–H and O–H groups in total. The Morgan fingerprint density at radius 3 is 2.59 bits per heavy atom. The zero-order valence-electron chi connectivity index (χ0n) is 17.8. The fourth-order valence-electron chi connectivity index (χ4n) is 3.97. The summed E-state index contributed by atoms with van der Waals surface area (Å²) >= 11 is 6.23. The van der Waals surface area contributed by atoms with Gasteiger partial charge in [-0.15, -0.1) is 5.10 Å². The van der Waals surface area contributed by atoms with Gasteiger partial charge in [-0.1, -0.05) is 17.7 Å². The molecule has 0 aliphatic carbocycles. The maximum Gasteiger partial charge on any atom is 0.350 e. The van der Waals surface area contributed by atoms with E-state index in [0.717, 1.165) is 10.7 Å². The largest absolute Gasteiger partial charge is 0.481 e. The van der Waals surface area contributed by atoms with Crippen LogP contribution in [0.1, 0.15) is 38.3 Å². The third-order valence-electron chi connectivity index (χ3n) is 5.54. The molecule has 1 atom stereocenters. The molecule has 170 valence electrons. The second-order valence-corrected chi connectivity index (χ2v) is 8.18. The second-order valence-electron chi connectivity index (χ2n) is 7.77. The minimum Gasteiger partial charge on any atom is -0.481 e. The molecule has 1 aliphatic heterocycles. The summed E-state index contributed by atoms with van der Waals surface area (Å²) in [6, 6.07) is 7.01. The quantitative estimate of drug-likeness (QED) is 0.621. The van der Waals surface area contributed by atoms with Crippen molar-refractivity contribution in [2.75, 3.05) is 11.4 Å². The number of hydrogen-bond acceptors (Lipinski definition) is 5. The van der Waals surface area contributed by atoms with E-state index in [-0.39, 0.29) is 47.0 Å². The monoisotopic (exact) mass is 464 g/mol. The molecule has 0 radical (unpaired) electrons. The smallest absolute Gasteiger partial charge is 0.350 e. The van der Waals surface area contributed by atoms with E-state index >= 15 is 4.39 Å². The molecule has 32 heavy (non-hydrogen) atoms. The first-order valence-corrected chi connectivity index (χ1v) is 10.6. The number of anilines is 1. The van der Waals surface area contributed by atoms with Crippen LogP contribution in [0.25, 0.3) is 5.69 Å². The van der Waals surface area contributed by atoms with Crippen molar-refractivity contribution < 1.29 is 18.6 Å². The number of nitrogens with zero attached hydrogens (tertiary/aromatic N) is 4. The lowest BCUT2D eigenvalue weighted by atomic mass is 10.0. The lowest BCUT2D eigenvalue weighted by molar-refractivity contribution is 0.188. The Morgan fingerprint density at radius 1 is 1.25 bits per heavy atom. The van der Waals surface area contributed by atoms with Crippen molar-refractivity contribution in [3.05, 3.63) is 68.9 Å². The van der Waals surface area contributed by atoms with Crippen LogP contribution in [0.15, 0.2) is 35.1 Å². The number of halogens is 3. The van der Waals surface area contributed by atoms with Gasteiger partial charge >= 0.3 is 5.69 Å². The number of aromatic nitrogens is 3. The van der Waals surface area contributed by atoms with Crippen LogP contribution in [0.3, 0.4) is 0 Å². The molecule has 0 bridgehead atoms. The molecule has 0 saturated heterocycles. The molecule has 10 heteroatoms. The summed E-state index contributed by atoms with van der Waals surface area (Å²) in [6.07, 6.45) is -0.744. The van der Waals surface area contributed by atoms with Gasteiger partial charge in [-0.05, 0) is 39.0 Å². The lowest BCUT2D eigenvalue weighted by Crippen LogP contribution is -2.40. The molecule has 7 nitrogen and oxygen atoms in total. The van der Waals surface area contributed by atoms with E-state index in [1.165, 1.54) is 22.8 Å². The van der Waals surface area contributed by atoms with Crippen molar-refractivity contribution in [3.8, 4) is 11.4 Å². The molecule has 0 saturated carbocycles. The van der Waals surface area contributed by atoms with Gasteiger partial charge in [-0.2, -0.15) is 4.68 Å². The average molecular weight is 465 g/mol. The predicted octanol–water partition coefficient (Wildman–Crippen LogP) is 3.83. The van der Waals surface area contributed by atoms with Crippen LogP contribution in [0.5, 0.6) is 5.75 Å². The summed E-state index contributed by atoms with van der Waals surface area (Å²) in [6.45, 7) is 5.73. The Hall–Kier alpha value is -2.91. The zero-order chi connectivity index (χ0) is 23.2. The Morgan fingerprint density at radius 2 is 2.00 bits per heavy atom. The third kappa shape index (κ3) is 3.65. The molecular weight excluding hydrogens is 442 g/mol. The molecule has 4 rings (SSSR count). The molecule has 0 amide bonds. The molecule has 0 spiro atoms. The topological polar surface area (TPSA) is 72.5 Å². The first kappa shape index (κ1) is 22.3. The van der Waals surface area contributed by atoms with E-state index in [1.807, 2.05) is 18.7 Å². The average Bonchev–Trinajstić information content (AvgIpc) is 3.07. The van der Waals surface area contributed by atoms with Crippen LogP contribution < -0.4 is 15.3 Å². The number of hydrogen-bond donors (Lipinski definition) is 1. The zero-order valence-corrected chi connectivity index (χ0v) is 18.6. The number of fused-ring (bicyclic) bond motifs is 1. The van der Waals surface area contributed by atoms with Crippen molar-refractivity contribution in [3.63, 3.8) is 0 Å². The highest BCUT2D eigenvalue weighted by molar-refractivity contribution is 6.31. The normalized spacial score (nSPS) is 15.8. The van der Waals surface area contributed by atoms with Gasteiger partial charge in [0.2, 0.25) is 0 Å². The second kappa shape index (κ2) is 8.55. The molecule has 0 unspecified atom stereocenters. The van der Waals surface area contributed by atoms with Crippen LogP contribution in [0.2, 0.25) is 5.02 Å².